The van der Waals surface area contributed by atoms with Crippen LogP contribution < -0.4 is 0 Å². The summed E-state index contributed by atoms with van der Waals surface area (Å²) < 4.78 is 24.1. The third-order valence-electron chi connectivity index (χ3n) is 4.52. The number of carbonyl (C=O) groups excluding carboxylic acids is 1. The number of hydrogen-bond acceptors (Lipinski definition) is 5. The molecule has 0 saturated carbocycles. The maximum Gasteiger partial charge on any atom is 0.289 e. The fraction of sp³-hybridized carbons (Fsp3) is 0.400. The molecule has 2 aromatic rings. The zero-order valence-corrected chi connectivity index (χ0v) is 15.1. The molecule has 0 unspecified atom stereocenters. The standard InChI is InChI=1S/C20H22FN3O3/c21-17-4-2-16(3-5-17)18-6-7-19(27-18)20(25)24(9-1-8-22)11-10-23-12-14-26-15-13-23/h2-7H,1,9-15H2. The monoisotopic (exact) mass is 371 g/mol. The molecule has 3 rings (SSSR count). The van der Waals surface area contributed by atoms with E-state index in [1.54, 1.807) is 29.2 Å². The molecule has 0 bridgehead atoms. The van der Waals surface area contributed by atoms with Crippen molar-refractivity contribution in [2.75, 3.05) is 45.9 Å². The number of morpholine rings is 1. The second-order valence-corrected chi connectivity index (χ2v) is 6.33. The van der Waals surface area contributed by atoms with E-state index < -0.39 is 0 Å². The van der Waals surface area contributed by atoms with Crippen LogP contribution >= 0.6 is 0 Å². The van der Waals surface area contributed by atoms with Crippen LogP contribution in [0.5, 0.6) is 0 Å². The molecule has 6 nitrogen and oxygen atoms in total. The van der Waals surface area contributed by atoms with E-state index in [1.165, 1.54) is 12.1 Å². The third kappa shape index (κ3) is 5.16. The van der Waals surface area contributed by atoms with Crippen LogP contribution in [-0.4, -0.2) is 61.6 Å². The number of nitrogens with zero attached hydrogens (tertiary/aromatic N) is 3. The highest BCUT2D eigenvalue weighted by molar-refractivity contribution is 5.92. The Labute approximate surface area is 157 Å². The Morgan fingerprint density at radius 1 is 1.15 bits per heavy atom. The number of carbonyl (C=O) groups is 1. The Bertz CT molecular complexity index is 792. The summed E-state index contributed by atoms with van der Waals surface area (Å²) in [5.41, 5.74) is 0.701. The second kappa shape index (κ2) is 9.31. The number of furan rings is 1. The van der Waals surface area contributed by atoms with Crippen molar-refractivity contribution in [1.29, 1.82) is 5.26 Å². The minimum atomic E-state index is -0.326. The molecule has 1 amide bonds. The zero-order valence-electron chi connectivity index (χ0n) is 15.1. The van der Waals surface area contributed by atoms with Gasteiger partial charge in [-0.15, -0.1) is 0 Å². The Morgan fingerprint density at radius 2 is 1.89 bits per heavy atom. The molecule has 1 aliphatic heterocycles. The molecule has 1 saturated heterocycles. The first-order valence-electron chi connectivity index (χ1n) is 8.99. The van der Waals surface area contributed by atoms with Crippen LogP contribution in [0.2, 0.25) is 0 Å². The molecule has 1 fully saturated rings. The van der Waals surface area contributed by atoms with Gasteiger partial charge in [-0.3, -0.25) is 9.69 Å². The van der Waals surface area contributed by atoms with Gasteiger partial charge in [0, 0.05) is 38.3 Å². The van der Waals surface area contributed by atoms with Crippen molar-refractivity contribution in [3.63, 3.8) is 0 Å². The Morgan fingerprint density at radius 3 is 2.59 bits per heavy atom. The average molecular weight is 371 g/mol. The minimum Gasteiger partial charge on any atom is -0.451 e. The van der Waals surface area contributed by atoms with Gasteiger partial charge in [0.1, 0.15) is 11.6 Å². The van der Waals surface area contributed by atoms with E-state index in [0.717, 1.165) is 19.6 Å². The van der Waals surface area contributed by atoms with Gasteiger partial charge < -0.3 is 14.1 Å². The van der Waals surface area contributed by atoms with Crippen molar-refractivity contribution in [1.82, 2.24) is 9.80 Å². The summed E-state index contributed by atoms with van der Waals surface area (Å²) >= 11 is 0. The van der Waals surface area contributed by atoms with Gasteiger partial charge in [0.2, 0.25) is 0 Å². The molecular formula is C20H22FN3O3. The van der Waals surface area contributed by atoms with E-state index in [9.17, 15) is 9.18 Å². The summed E-state index contributed by atoms with van der Waals surface area (Å²) in [5, 5.41) is 8.89. The molecular weight excluding hydrogens is 349 g/mol. The van der Waals surface area contributed by atoms with Gasteiger partial charge in [-0.1, -0.05) is 0 Å². The van der Waals surface area contributed by atoms with Crippen LogP contribution in [0, 0.1) is 17.1 Å². The van der Waals surface area contributed by atoms with Gasteiger partial charge in [0.05, 0.1) is 25.7 Å². The van der Waals surface area contributed by atoms with Gasteiger partial charge in [-0.25, -0.2) is 4.39 Å². The predicted octanol–water partition coefficient (Wildman–Crippen LogP) is 2.77. The molecule has 1 aliphatic rings. The first-order valence-corrected chi connectivity index (χ1v) is 8.99. The highest BCUT2D eigenvalue weighted by Gasteiger charge is 2.21. The van der Waals surface area contributed by atoms with Gasteiger partial charge in [0.15, 0.2) is 5.76 Å². The average Bonchev–Trinajstić information content (AvgIpc) is 3.19. The molecule has 0 N–H and O–H groups in total. The molecule has 1 aromatic heterocycles. The second-order valence-electron chi connectivity index (χ2n) is 6.33. The van der Waals surface area contributed by atoms with E-state index in [0.29, 0.717) is 37.6 Å². The number of amides is 1. The lowest BCUT2D eigenvalue weighted by molar-refractivity contribution is 0.0322. The van der Waals surface area contributed by atoms with Crippen molar-refractivity contribution >= 4 is 5.91 Å². The molecule has 0 radical (unpaired) electrons. The van der Waals surface area contributed by atoms with E-state index in [-0.39, 0.29) is 23.9 Å². The van der Waals surface area contributed by atoms with Crippen LogP contribution in [0.1, 0.15) is 17.0 Å². The molecule has 0 atom stereocenters. The Kier molecular flexibility index (Phi) is 6.58. The van der Waals surface area contributed by atoms with Crippen molar-refractivity contribution in [3.8, 4) is 17.4 Å². The molecule has 0 aliphatic carbocycles. The van der Waals surface area contributed by atoms with Gasteiger partial charge in [0.25, 0.3) is 5.91 Å². The van der Waals surface area contributed by atoms with E-state index >= 15 is 0 Å². The lowest BCUT2D eigenvalue weighted by atomic mass is 10.2. The number of rotatable bonds is 7. The third-order valence-corrected chi connectivity index (χ3v) is 4.52. The first kappa shape index (κ1) is 19.1. The fourth-order valence-electron chi connectivity index (χ4n) is 2.96. The number of halogens is 1. The number of hydrogen-bond donors (Lipinski definition) is 0. The molecule has 0 spiro atoms. The van der Waals surface area contributed by atoms with Gasteiger partial charge in [-0.2, -0.15) is 5.26 Å². The lowest BCUT2D eigenvalue weighted by Crippen LogP contribution is -2.43. The molecule has 1 aromatic carbocycles. The summed E-state index contributed by atoms with van der Waals surface area (Å²) in [5.74, 6) is 0.153. The molecule has 7 heteroatoms. The van der Waals surface area contributed by atoms with Gasteiger partial charge >= 0.3 is 0 Å². The maximum absolute atomic E-state index is 13.1. The fourth-order valence-corrected chi connectivity index (χ4v) is 2.96. The lowest BCUT2D eigenvalue weighted by Gasteiger charge is -2.29. The van der Waals surface area contributed by atoms with Gasteiger partial charge in [-0.05, 0) is 36.4 Å². The first-order chi connectivity index (χ1) is 13.2. The summed E-state index contributed by atoms with van der Waals surface area (Å²) in [4.78, 5) is 16.7. The Hall–Kier alpha value is -2.69. The molecule has 2 heterocycles. The molecule has 142 valence electrons. The predicted molar refractivity (Wildman–Crippen MR) is 97.5 cm³/mol. The highest BCUT2D eigenvalue weighted by atomic mass is 19.1. The maximum atomic E-state index is 13.1. The largest absolute Gasteiger partial charge is 0.451 e. The van der Waals surface area contributed by atoms with Crippen LogP contribution in [-0.2, 0) is 4.74 Å². The summed E-state index contributed by atoms with van der Waals surface area (Å²) in [6.07, 6.45) is 0.264. The van der Waals surface area contributed by atoms with Crippen molar-refractivity contribution in [2.24, 2.45) is 0 Å². The van der Waals surface area contributed by atoms with Crippen molar-refractivity contribution in [3.05, 3.63) is 48.0 Å². The van der Waals surface area contributed by atoms with Crippen LogP contribution in [0.3, 0.4) is 0 Å². The highest BCUT2D eigenvalue weighted by Crippen LogP contribution is 2.23. The normalized spacial score (nSPS) is 14.7. The zero-order chi connectivity index (χ0) is 19.1. The van der Waals surface area contributed by atoms with Crippen LogP contribution in [0.4, 0.5) is 4.39 Å². The van der Waals surface area contributed by atoms with E-state index in [4.69, 9.17) is 14.4 Å². The summed E-state index contributed by atoms with van der Waals surface area (Å²) in [6, 6.07) is 11.3. The van der Waals surface area contributed by atoms with E-state index in [1.807, 2.05) is 0 Å². The summed E-state index contributed by atoms with van der Waals surface area (Å²) in [6.45, 7) is 4.69. The minimum absolute atomic E-state index is 0.217. The van der Waals surface area contributed by atoms with Crippen LogP contribution in [0.15, 0.2) is 40.8 Å². The quantitative estimate of drug-likeness (QED) is 0.749. The topological polar surface area (TPSA) is 69.7 Å². The molecule has 27 heavy (non-hydrogen) atoms. The number of nitriles is 1. The van der Waals surface area contributed by atoms with E-state index in [2.05, 4.69) is 11.0 Å². The smallest absolute Gasteiger partial charge is 0.289 e. The van der Waals surface area contributed by atoms with Crippen molar-refractivity contribution < 1.29 is 18.3 Å². The summed E-state index contributed by atoms with van der Waals surface area (Å²) in [7, 11) is 0. The number of benzene rings is 1. The SMILES string of the molecule is N#CCCN(CCN1CCOCC1)C(=O)c1ccc(-c2ccc(F)cc2)o1. The Balaban J connectivity index is 1.67. The van der Waals surface area contributed by atoms with Crippen LogP contribution in [0.25, 0.3) is 11.3 Å². The number of ether oxygens (including phenoxy) is 1. The van der Waals surface area contributed by atoms with Crippen molar-refractivity contribution in [2.45, 2.75) is 6.42 Å².